The normalized spacial score (nSPS) is 9.80. The van der Waals surface area contributed by atoms with E-state index < -0.39 is 0 Å². The fraction of sp³-hybridized carbons (Fsp3) is 0.417. The van der Waals surface area contributed by atoms with Gasteiger partial charge in [-0.25, -0.2) is 0 Å². The molecule has 0 aliphatic carbocycles. The highest BCUT2D eigenvalue weighted by molar-refractivity contribution is 5.80. The fourth-order valence-corrected chi connectivity index (χ4v) is 1.55. The molecule has 0 N–H and O–H groups in total. The van der Waals surface area contributed by atoms with Crippen LogP contribution in [0.4, 0.5) is 0 Å². The van der Waals surface area contributed by atoms with Crippen molar-refractivity contribution in [2.24, 2.45) is 0 Å². The van der Waals surface area contributed by atoms with Gasteiger partial charge in [-0.15, -0.1) is 0 Å². The SMILES string of the molecule is CCCc1cc(C=O)c(OC)cc1OC. The number of hydrogen-bond donors (Lipinski definition) is 0. The molecule has 82 valence electrons. The lowest BCUT2D eigenvalue weighted by Crippen LogP contribution is -1.97. The lowest BCUT2D eigenvalue weighted by atomic mass is 10.1. The van der Waals surface area contributed by atoms with Crippen molar-refractivity contribution in [3.8, 4) is 11.5 Å². The van der Waals surface area contributed by atoms with Gasteiger partial charge in [0.15, 0.2) is 6.29 Å². The Morgan fingerprint density at radius 3 is 2.33 bits per heavy atom. The van der Waals surface area contributed by atoms with E-state index in [1.807, 2.05) is 6.07 Å². The molecule has 1 aromatic carbocycles. The van der Waals surface area contributed by atoms with Crippen LogP contribution in [0.15, 0.2) is 12.1 Å². The third-order valence-corrected chi connectivity index (χ3v) is 2.28. The van der Waals surface area contributed by atoms with Crippen molar-refractivity contribution in [1.29, 1.82) is 0 Å². The Bertz CT molecular complexity index is 345. The number of carbonyl (C=O) groups excluding carboxylic acids is 1. The maximum atomic E-state index is 10.8. The van der Waals surface area contributed by atoms with Crippen LogP contribution in [0.2, 0.25) is 0 Å². The Hall–Kier alpha value is -1.51. The molecule has 1 rings (SSSR count). The molecule has 0 amide bonds. The summed E-state index contributed by atoms with van der Waals surface area (Å²) in [7, 11) is 3.16. The summed E-state index contributed by atoms with van der Waals surface area (Å²) >= 11 is 0. The number of aryl methyl sites for hydroxylation is 1. The number of methoxy groups -OCH3 is 2. The zero-order valence-electron chi connectivity index (χ0n) is 9.37. The van der Waals surface area contributed by atoms with Crippen LogP contribution in [0.25, 0.3) is 0 Å². The Morgan fingerprint density at radius 1 is 1.20 bits per heavy atom. The number of hydrogen-bond acceptors (Lipinski definition) is 3. The van der Waals surface area contributed by atoms with Gasteiger partial charge in [-0.05, 0) is 18.1 Å². The largest absolute Gasteiger partial charge is 0.496 e. The standard InChI is InChI=1S/C12H16O3/c1-4-5-9-6-10(8-13)12(15-3)7-11(9)14-2/h6-8H,4-5H2,1-3H3. The first-order chi connectivity index (χ1) is 7.26. The van der Waals surface area contributed by atoms with Crippen molar-refractivity contribution in [1.82, 2.24) is 0 Å². The molecule has 0 atom stereocenters. The summed E-state index contributed by atoms with van der Waals surface area (Å²) in [4.78, 5) is 10.8. The van der Waals surface area contributed by atoms with Gasteiger partial charge < -0.3 is 9.47 Å². The molecule has 0 aliphatic heterocycles. The molecule has 0 saturated heterocycles. The summed E-state index contributed by atoms with van der Waals surface area (Å²) < 4.78 is 10.3. The summed E-state index contributed by atoms with van der Waals surface area (Å²) in [6.07, 6.45) is 2.71. The predicted molar refractivity (Wildman–Crippen MR) is 58.9 cm³/mol. The van der Waals surface area contributed by atoms with Gasteiger partial charge in [0.1, 0.15) is 11.5 Å². The minimum atomic E-state index is 0.557. The van der Waals surface area contributed by atoms with Crippen molar-refractivity contribution in [2.75, 3.05) is 14.2 Å². The summed E-state index contributed by atoms with van der Waals surface area (Å²) in [5.74, 6) is 1.33. The van der Waals surface area contributed by atoms with E-state index in [-0.39, 0.29) is 0 Å². The van der Waals surface area contributed by atoms with E-state index in [2.05, 4.69) is 6.92 Å². The molecule has 1 aromatic rings. The highest BCUT2D eigenvalue weighted by Crippen LogP contribution is 2.28. The first-order valence-corrected chi connectivity index (χ1v) is 4.96. The third kappa shape index (κ3) is 2.49. The minimum absolute atomic E-state index is 0.557. The molecule has 0 aliphatic rings. The summed E-state index contributed by atoms with van der Waals surface area (Å²) in [6.45, 7) is 2.09. The van der Waals surface area contributed by atoms with Gasteiger partial charge in [0.05, 0.1) is 19.8 Å². The molecule has 0 bridgehead atoms. The van der Waals surface area contributed by atoms with Gasteiger partial charge in [0.25, 0.3) is 0 Å². The van der Waals surface area contributed by atoms with Gasteiger partial charge in [-0.3, -0.25) is 4.79 Å². The van der Waals surface area contributed by atoms with Gasteiger partial charge in [0, 0.05) is 6.07 Å². The number of carbonyl (C=O) groups is 1. The van der Waals surface area contributed by atoms with E-state index >= 15 is 0 Å². The smallest absolute Gasteiger partial charge is 0.153 e. The van der Waals surface area contributed by atoms with Gasteiger partial charge in [0.2, 0.25) is 0 Å². The van der Waals surface area contributed by atoms with Crippen LogP contribution in [0, 0.1) is 0 Å². The Morgan fingerprint density at radius 2 is 1.87 bits per heavy atom. The van der Waals surface area contributed by atoms with Crippen molar-refractivity contribution in [3.63, 3.8) is 0 Å². The minimum Gasteiger partial charge on any atom is -0.496 e. The molecule has 0 spiro atoms. The zero-order chi connectivity index (χ0) is 11.3. The molecule has 3 heteroatoms. The molecule has 0 fully saturated rings. The number of rotatable bonds is 5. The molecular formula is C12H16O3. The van der Waals surface area contributed by atoms with Crippen LogP contribution in [-0.4, -0.2) is 20.5 Å². The molecule has 0 aromatic heterocycles. The topological polar surface area (TPSA) is 35.5 Å². The van der Waals surface area contributed by atoms with E-state index in [4.69, 9.17) is 9.47 Å². The fourth-order valence-electron chi connectivity index (χ4n) is 1.55. The second-order valence-corrected chi connectivity index (χ2v) is 3.27. The lowest BCUT2D eigenvalue weighted by molar-refractivity contribution is 0.112. The van der Waals surface area contributed by atoms with E-state index in [0.717, 1.165) is 30.4 Å². The van der Waals surface area contributed by atoms with E-state index in [0.29, 0.717) is 11.3 Å². The first-order valence-electron chi connectivity index (χ1n) is 4.96. The Balaban J connectivity index is 3.20. The highest BCUT2D eigenvalue weighted by Gasteiger charge is 2.09. The van der Waals surface area contributed by atoms with Crippen LogP contribution in [0.3, 0.4) is 0 Å². The van der Waals surface area contributed by atoms with Crippen LogP contribution < -0.4 is 9.47 Å². The maximum absolute atomic E-state index is 10.8. The van der Waals surface area contributed by atoms with E-state index in [1.165, 1.54) is 0 Å². The van der Waals surface area contributed by atoms with Crippen molar-refractivity contribution < 1.29 is 14.3 Å². The third-order valence-electron chi connectivity index (χ3n) is 2.28. The number of ether oxygens (including phenoxy) is 2. The average molecular weight is 208 g/mol. The number of aldehydes is 1. The molecule has 0 saturated carbocycles. The van der Waals surface area contributed by atoms with Crippen molar-refractivity contribution >= 4 is 6.29 Å². The monoisotopic (exact) mass is 208 g/mol. The molecule has 0 heterocycles. The molecule has 0 radical (unpaired) electrons. The van der Waals surface area contributed by atoms with Crippen LogP contribution >= 0.6 is 0 Å². The molecular weight excluding hydrogens is 192 g/mol. The Kier molecular flexibility index (Phi) is 4.16. The Labute approximate surface area is 90.0 Å². The van der Waals surface area contributed by atoms with Crippen LogP contribution in [0.1, 0.15) is 29.3 Å². The molecule has 15 heavy (non-hydrogen) atoms. The van der Waals surface area contributed by atoms with E-state index in [9.17, 15) is 4.79 Å². The van der Waals surface area contributed by atoms with Crippen LogP contribution in [0.5, 0.6) is 11.5 Å². The molecule has 0 unspecified atom stereocenters. The zero-order valence-corrected chi connectivity index (χ0v) is 9.37. The lowest BCUT2D eigenvalue weighted by Gasteiger charge is -2.11. The second kappa shape index (κ2) is 5.39. The first kappa shape index (κ1) is 11.6. The van der Waals surface area contributed by atoms with Gasteiger partial charge >= 0.3 is 0 Å². The molecule has 3 nitrogen and oxygen atoms in total. The maximum Gasteiger partial charge on any atom is 0.153 e. The number of benzene rings is 1. The quantitative estimate of drug-likeness (QED) is 0.697. The van der Waals surface area contributed by atoms with Crippen molar-refractivity contribution in [3.05, 3.63) is 23.3 Å². The van der Waals surface area contributed by atoms with Crippen LogP contribution in [-0.2, 0) is 6.42 Å². The van der Waals surface area contributed by atoms with Crippen molar-refractivity contribution in [2.45, 2.75) is 19.8 Å². The summed E-state index contributed by atoms with van der Waals surface area (Å²) in [5.41, 5.74) is 1.62. The second-order valence-electron chi connectivity index (χ2n) is 3.27. The van der Waals surface area contributed by atoms with Gasteiger partial charge in [-0.2, -0.15) is 0 Å². The summed E-state index contributed by atoms with van der Waals surface area (Å²) in [5, 5.41) is 0. The summed E-state index contributed by atoms with van der Waals surface area (Å²) in [6, 6.07) is 3.59. The highest BCUT2D eigenvalue weighted by atomic mass is 16.5. The van der Waals surface area contributed by atoms with Gasteiger partial charge in [-0.1, -0.05) is 13.3 Å². The van der Waals surface area contributed by atoms with E-state index in [1.54, 1.807) is 20.3 Å². The average Bonchev–Trinajstić information content (AvgIpc) is 2.28. The predicted octanol–water partition coefficient (Wildman–Crippen LogP) is 2.47.